The van der Waals surface area contributed by atoms with E-state index in [1.54, 1.807) is 0 Å². The molecule has 0 amide bonds. The standard InChI is InChI=1S/C12H23N/c1-4-6-7-8-9-12(3)11-13-10-5-2/h1,12-13H,5-11H2,2-3H3. The molecule has 0 saturated carbocycles. The van der Waals surface area contributed by atoms with E-state index in [1.165, 1.54) is 25.7 Å². The first-order chi connectivity index (χ1) is 6.31. The van der Waals surface area contributed by atoms with Gasteiger partial charge in [-0.2, -0.15) is 0 Å². The van der Waals surface area contributed by atoms with Crippen molar-refractivity contribution in [1.82, 2.24) is 5.32 Å². The van der Waals surface area contributed by atoms with Crippen LogP contribution in [0.25, 0.3) is 0 Å². The van der Waals surface area contributed by atoms with Crippen LogP contribution >= 0.6 is 0 Å². The summed E-state index contributed by atoms with van der Waals surface area (Å²) in [4.78, 5) is 0. The van der Waals surface area contributed by atoms with E-state index in [2.05, 4.69) is 25.1 Å². The summed E-state index contributed by atoms with van der Waals surface area (Å²) in [5.41, 5.74) is 0. The summed E-state index contributed by atoms with van der Waals surface area (Å²) in [5.74, 6) is 3.47. The number of unbranched alkanes of at least 4 members (excludes halogenated alkanes) is 2. The molecule has 1 N–H and O–H groups in total. The molecule has 1 nitrogen and oxygen atoms in total. The Balaban J connectivity index is 3.11. The highest BCUT2D eigenvalue weighted by Crippen LogP contribution is 2.07. The third-order valence-corrected chi connectivity index (χ3v) is 2.19. The van der Waals surface area contributed by atoms with Crippen molar-refractivity contribution in [2.75, 3.05) is 13.1 Å². The highest BCUT2D eigenvalue weighted by Gasteiger charge is 1.99. The molecule has 1 atom stereocenters. The van der Waals surface area contributed by atoms with Crippen molar-refractivity contribution in [1.29, 1.82) is 0 Å². The molecule has 0 aromatic rings. The van der Waals surface area contributed by atoms with Crippen LogP contribution in [0.5, 0.6) is 0 Å². The zero-order valence-electron chi connectivity index (χ0n) is 9.10. The van der Waals surface area contributed by atoms with E-state index < -0.39 is 0 Å². The summed E-state index contributed by atoms with van der Waals surface area (Å²) in [5, 5.41) is 3.44. The van der Waals surface area contributed by atoms with Crippen LogP contribution in [0.1, 0.15) is 46.0 Å². The molecule has 0 aromatic heterocycles. The van der Waals surface area contributed by atoms with Crippen molar-refractivity contribution in [2.45, 2.75) is 46.0 Å². The molecule has 0 saturated heterocycles. The molecule has 0 rings (SSSR count). The molecular formula is C12H23N. The zero-order valence-corrected chi connectivity index (χ0v) is 9.10. The second-order valence-electron chi connectivity index (χ2n) is 3.76. The minimum absolute atomic E-state index is 0.796. The highest BCUT2D eigenvalue weighted by atomic mass is 14.8. The van der Waals surface area contributed by atoms with Crippen molar-refractivity contribution < 1.29 is 0 Å². The van der Waals surface area contributed by atoms with Crippen molar-refractivity contribution in [2.24, 2.45) is 5.92 Å². The number of nitrogens with one attached hydrogen (secondary N) is 1. The Bertz CT molecular complexity index is 135. The first-order valence-corrected chi connectivity index (χ1v) is 5.45. The average molecular weight is 181 g/mol. The number of hydrogen-bond acceptors (Lipinski definition) is 1. The molecule has 76 valence electrons. The van der Waals surface area contributed by atoms with E-state index in [0.29, 0.717) is 0 Å². The average Bonchev–Trinajstić information content (AvgIpc) is 2.13. The normalized spacial score (nSPS) is 12.4. The van der Waals surface area contributed by atoms with E-state index in [0.717, 1.165) is 25.4 Å². The molecule has 13 heavy (non-hydrogen) atoms. The van der Waals surface area contributed by atoms with Gasteiger partial charge in [-0.25, -0.2) is 0 Å². The van der Waals surface area contributed by atoms with Crippen LogP contribution in [0.2, 0.25) is 0 Å². The minimum Gasteiger partial charge on any atom is -0.316 e. The largest absolute Gasteiger partial charge is 0.316 e. The Hall–Kier alpha value is -0.480. The molecule has 0 heterocycles. The van der Waals surface area contributed by atoms with Crippen LogP contribution in [0, 0.1) is 18.3 Å². The number of rotatable bonds is 8. The van der Waals surface area contributed by atoms with Crippen LogP contribution in [0.4, 0.5) is 0 Å². The lowest BCUT2D eigenvalue weighted by Crippen LogP contribution is -2.21. The van der Waals surface area contributed by atoms with Crippen molar-refractivity contribution in [3.63, 3.8) is 0 Å². The van der Waals surface area contributed by atoms with Gasteiger partial charge in [0.15, 0.2) is 0 Å². The Labute approximate surface area is 83.3 Å². The highest BCUT2D eigenvalue weighted by molar-refractivity contribution is 4.82. The van der Waals surface area contributed by atoms with Crippen molar-refractivity contribution in [3.05, 3.63) is 0 Å². The van der Waals surface area contributed by atoms with Gasteiger partial charge in [0.25, 0.3) is 0 Å². The monoisotopic (exact) mass is 181 g/mol. The SMILES string of the molecule is C#CCCCCC(C)CNCCC. The third kappa shape index (κ3) is 9.43. The Morgan fingerprint density at radius 1 is 1.38 bits per heavy atom. The van der Waals surface area contributed by atoms with Gasteiger partial charge >= 0.3 is 0 Å². The fourth-order valence-electron chi connectivity index (χ4n) is 1.35. The van der Waals surface area contributed by atoms with Gasteiger partial charge in [0.1, 0.15) is 0 Å². The fourth-order valence-corrected chi connectivity index (χ4v) is 1.35. The second kappa shape index (κ2) is 9.61. The lowest BCUT2D eigenvalue weighted by Gasteiger charge is -2.11. The van der Waals surface area contributed by atoms with E-state index in [9.17, 15) is 0 Å². The van der Waals surface area contributed by atoms with Crippen LogP contribution in [-0.2, 0) is 0 Å². The second-order valence-corrected chi connectivity index (χ2v) is 3.76. The first-order valence-electron chi connectivity index (χ1n) is 5.45. The van der Waals surface area contributed by atoms with Crippen LogP contribution in [0.3, 0.4) is 0 Å². The van der Waals surface area contributed by atoms with Gasteiger partial charge in [0.2, 0.25) is 0 Å². The molecule has 0 spiro atoms. The van der Waals surface area contributed by atoms with Crippen LogP contribution in [-0.4, -0.2) is 13.1 Å². The predicted octanol–water partition coefficient (Wildman–Crippen LogP) is 2.82. The van der Waals surface area contributed by atoms with E-state index in [1.807, 2.05) is 0 Å². The van der Waals surface area contributed by atoms with Crippen LogP contribution in [0.15, 0.2) is 0 Å². The Kier molecular flexibility index (Phi) is 9.25. The molecule has 0 radical (unpaired) electrons. The van der Waals surface area contributed by atoms with Gasteiger partial charge < -0.3 is 5.32 Å². The summed E-state index contributed by atoms with van der Waals surface area (Å²) in [6.45, 7) is 6.81. The molecule has 1 unspecified atom stereocenters. The topological polar surface area (TPSA) is 12.0 Å². The molecule has 1 heteroatoms. The summed E-state index contributed by atoms with van der Waals surface area (Å²) >= 11 is 0. The van der Waals surface area contributed by atoms with E-state index >= 15 is 0 Å². The van der Waals surface area contributed by atoms with Crippen molar-refractivity contribution >= 4 is 0 Å². The fraction of sp³-hybridized carbons (Fsp3) is 0.833. The molecule has 0 fully saturated rings. The maximum atomic E-state index is 5.18. The number of terminal acetylenes is 1. The maximum Gasteiger partial charge on any atom is 0.00860 e. The lowest BCUT2D eigenvalue weighted by atomic mass is 10.0. The Morgan fingerprint density at radius 3 is 2.77 bits per heavy atom. The lowest BCUT2D eigenvalue weighted by molar-refractivity contribution is 0.461. The molecular weight excluding hydrogens is 158 g/mol. The maximum absolute atomic E-state index is 5.18. The molecule has 0 aliphatic rings. The van der Waals surface area contributed by atoms with Gasteiger partial charge in [-0.1, -0.05) is 20.3 Å². The van der Waals surface area contributed by atoms with E-state index in [-0.39, 0.29) is 0 Å². The zero-order chi connectivity index (χ0) is 9.94. The summed E-state index contributed by atoms with van der Waals surface area (Å²) < 4.78 is 0. The predicted molar refractivity (Wildman–Crippen MR) is 59.6 cm³/mol. The van der Waals surface area contributed by atoms with Crippen LogP contribution < -0.4 is 5.32 Å². The van der Waals surface area contributed by atoms with Gasteiger partial charge in [-0.3, -0.25) is 0 Å². The van der Waals surface area contributed by atoms with Gasteiger partial charge in [0, 0.05) is 6.42 Å². The third-order valence-electron chi connectivity index (χ3n) is 2.19. The van der Waals surface area contributed by atoms with Gasteiger partial charge in [-0.05, 0) is 38.3 Å². The minimum atomic E-state index is 0.796. The molecule has 0 aliphatic carbocycles. The van der Waals surface area contributed by atoms with Gasteiger partial charge in [-0.15, -0.1) is 12.3 Å². The van der Waals surface area contributed by atoms with Gasteiger partial charge in [0.05, 0.1) is 0 Å². The molecule has 0 aliphatic heterocycles. The quantitative estimate of drug-likeness (QED) is 0.448. The summed E-state index contributed by atoms with van der Waals surface area (Å²) in [6.07, 6.45) is 11.1. The summed E-state index contributed by atoms with van der Waals surface area (Å²) in [7, 11) is 0. The van der Waals surface area contributed by atoms with Crippen molar-refractivity contribution in [3.8, 4) is 12.3 Å². The first kappa shape index (κ1) is 12.5. The Morgan fingerprint density at radius 2 is 2.15 bits per heavy atom. The molecule has 0 aromatic carbocycles. The summed E-state index contributed by atoms with van der Waals surface area (Å²) in [6, 6.07) is 0. The molecule has 0 bridgehead atoms. The van der Waals surface area contributed by atoms with E-state index in [4.69, 9.17) is 6.42 Å². The number of hydrogen-bond donors (Lipinski definition) is 1. The smallest absolute Gasteiger partial charge is 0.00860 e.